The normalized spacial score (nSPS) is 13.0. The molecule has 1 atom stereocenters. The fourth-order valence-electron chi connectivity index (χ4n) is 2.92. The standard InChI is InChI=1S/C17H21ClN4O2/c1-10(19)5-7-22-14-4-3-11(18)9-12(14)16-15(17(22)23)13(20-21-16)6-8-24-2/h3-4,9-10H,5-8,19H2,1-2H3,(H,20,21). The fraction of sp³-hybridized carbons (Fsp3) is 0.412. The van der Waals surface area contributed by atoms with Crippen molar-refractivity contribution in [3.63, 3.8) is 0 Å². The maximum Gasteiger partial charge on any atom is 0.262 e. The van der Waals surface area contributed by atoms with Crippen molar-refractivity contribution in [3.05, 3.63) is 39.3 Å². The van der Waals surface area contributed by atoms with E-state index in [-0.39, 0.29) is 11.6 Å². The zero-order valence-corrected chi connectivity index (χ0v) is 14.6. The van der Waals surface area contributed by atoms with Gasteiger partial charge in [-0.3, -0.25) is 9.89 Å². The van der Waals surface area contributed by atoms with Crippen LogP contribution in [0.5, 0.6) is 0 Å². The molecule has 0 fully saturated rings. The van der Waals surface area contributed by atoms with E-state index < -0.39 is 0 Å². The Kier molecular flexibility index (Phi) is 4.89. The quantitative estimate of drug-likeness (QED) is 0.716. The maximum absolute atomic E-state index is 13.1. The van der Waals surface area contributed by atoms with Crippen LogP contribution in [0.2, 0.25) is 5.02 Å². The summed E-state index contributed by atoms with van der Waals surface area (Å²) in [6.45, 7) is 3.01. The number of halogens is 1. The molecule has 24 heavy (non-hydrogen) atoms. The van der Waals surface area contributed by atoms with E-state index in [4.69, 9.17) is 22.1 Å². The number of ether oxygens (including phenoxy) is 1. The van der Waals surface area contributed by atoms with E-state index in [0.29, 0.717) is 41.9 Å². The highest BCUT2D eigenvalue weighted by Crippen LogP contribution is 2.26. The number of nitrogens with two attached hydrogens (primary N) is 1. The van der Waals surface area contributed by atoms with Crippen LogP contribution < -0.4 is 11.3 Å². The van der Waals surface area contributed by atoms with Crippen molar-refractivity contribution in [2.75, 3.05) is 13.7 Å². The summed E-state index contributed by atoms with van der Waals surface area (Å²) in [6.07, 6.45) is 1.32. The first-order valence-electron chi connectivity index (χ1n) is 7.96. The molecule has 2 aromatic heterocycles. The minimum absolute atomic E-state index is 0.0206. The highest BCUT2D eigenvalue weighted by molar-refractivity contribution is 6.31. The fourth-order valence-corrected chi connectivity index (χ4v) is 3.09. The second-order valence-corrected chi connectivity index (χ2v) is 6.49. The highest BCUT2D eigenvalue weighted by atomic mass is 35.5. The number of hydrogen-bond donors (Lipinski definition) is 2. The lowest BCUT2D eigenvalue weighted by Crippen LogP contribution is -2.25. The molecule has 0 aliphatic carbocycles. The first-order valence-corrected chi connectivity index (χ1v) is 8.34. The number of methoxy groups -OCH3 is 1. The molecule has 3 aromatic rings. The Bertz CT molecular complexity index is 930. The first kappa shape index (κ1) is 17.0. The number of hydrogen-bond acceptors (Lipinski definition) is 4. The van der Waals surface area contributed by atoms with Gasteiger partial charge in [-0.2, -0.15) is 5.10 Å². The summed E-state index contributed by atoms with van der Waals surface area (Å²) in [5.74, 6) is 0. The van der Waals surface area contributed by atoms with E-state index >= 15 is 0 Å². The Morgan fingerprint density at radius 3 is 2.96 bits per heavy atom. The van der Waals surface area contributed by atoms with Gasteiger partial charge in [0.05, 0.1) is 23.2 Å². The smallest absolute Gasteiger partial charge is 0.262 e. The van der Waals surface area contributed by atoms with Crippen LogP contribution >= 0.6 is 11.6 Å². The highest BCUT2D eigenvalue weighted by Gasteiger charge is 2.17. The number of nitrogens with one attached hydrogen (secondary N) is 1. The molecule has 0 saturated carbocycles. The van der Waals surface area contributed by atoms with Crippen LogP contribution in [0.4, 0.5) is 0 Å². The van der Waals surface area contributed by atoms with Gasteiger partial charge in [0.1, 0.15) is 5.52 Å². The SMILES string of the molecule is COCCc1[nH]nc2c1c(=O)n(CCC(C)N)c1ccc(Cl)cc21. The number of rotatable bonds is 6. The van der Waals surface area contributed by atoms with Crippen molar-refractivity contribution in [3.8, 4) is 0 Å². The van der Waals surface area contributed by atoms with Crippen LogP contribution in [0.15, 0.2) is 23.0 Å². The van der Waals surface area contributed by atoms with Gasteiger partial charge < -0.3 is 15.0 Å². The van der Waals surface area contributed by atoms with Crippen LogP contribution in [0, 0.1) is 0 Å². The number of pyridine rings is 1. The van der Waals surface area contributed by atoms with Gasteiger partial charge in [-0.15, -0.1) is 0 Å². The lowest BCUT2D eigenvalue weighted by atomic mass is 10.1. The van der Waals surface area contributed by atoms with Crippen LogP contribution in [0.25, 0.3) is 21.8 Å². The predicted molar refractivity (Wildman–Crippen MR) is 96.7 cm³/mol. The van der Waals surface area contributed by atoms with Gasteiger partial charge in [0.25, 0.3) is 5.56 Å². The van der Waals surface area contributed by atoms with Crippen molar-refractivity contribution in [1.82, 2.24) is 14.8 Å². The monoisotopic (exact) mass is 348 g/mol. The van der Waals surface area contributed by atoms with E-state index in [2.05, 4.69) is 10.2 Å². The third-order valence-corrected chi connectivity index (χ3v) is 4.40. The molecule has 0 aliphatic heterocycles. The van der Waals surface area contributed by atoms with E-state index in [1.54, 1.807) is 17.7 Å². The molecule has 0 amide bonds. The summed E-state index contributed by atoms with van der Waals surface area (Å²) in [5, 5.41) is 9.42. The van der Waals surface area contributed by atoms with E-state index in [1.807, 2.05) is 19.1 Å². The third kappa shape index (κ3) is 3.05. The van der Waals surface area contributed by atoms with E-state index in [1.165, 1.54) is 0 Å². The van der Waals surface area contributed by atoms with Crippen molar-refractivity contribution < 1.29 is 4.74 Å². The average Bonchev–Trinajstić information content (AvgIpc) is 2.97. The van der Waals surface area contributed by atoms with E-state index in [9.17, 15) is 4.79 Å². The van der Waals surface area contributed by atoms with Gasteiger partial charge in [-0.25, -0.2) is 0 Å². The summed E-state index contributed by atoms with van der Waals surface area (Å²) in [5.41, 5.74) is 8.08. The molecule has 0 aliphatic rings. The summed E-state index contributed by atoms with van der Waals surface area (Å²) in [7, 11) is 1.63. The number of aromatic amines is 1. The molecule has 0 saturated heterocycles. The molecule has 128 valence electrons. The van der Waals surface area contributed by atoms with Crippen molar-refractivity contribution >= 4 is 33.4 Å². The van der Waals surface area contributed by atoms with Crippen molar-refractivity contribution in [2.45, 2.75) is 32.4 Å². The van der Waals surface area contributed by atoms with Gasteiger partial charge >= 0.3 is 0 Å². The Hall–Kier alpha value is -1.89. The Morgan fingerprint density at radius 1 is 1.46 bits per heavy atom. The molecule has 3 rings (SSSR count). The second-order valence-electron chi connectivity index (χ2n) is 6.05. The number of aromatic nitrogens is 3. The second kappa shape index (κ2) is 6.93. The number of benzene rings is 1. The minimum Gasteiger partial charge on any atom is -0.384 e. The van der Waals surface area contributed by atoms with Gasteiger partial charge in [0.2, 0.25) is 0 Å². The number of nitrogens with zero attached hydrogens (tertiary/aromatic N) is 2. The summed E-state index contributed by atoms with van der Waals surface area (Å²) < 4.78 is 6.89. The molecule has 6 nitrogen and oxygen atoms in total. The molecule has 0 radical (unpaired) electrons. The van der Waals surface area contributed by atoms with Crippen molar-refractivity contribution in [2.24, 2.45) is 5.73 Å². The zero-order valence-electron chi connectivity index (χ0n) is 13.8. The van der Waals surface area contributed by atoms with E-state index in [0.717, 1.165) is 16.6 Å². The molecule has 7 heteroatoms. The van der Waals surface area contributed by atoms with Crippen LogP contribution in [0.1, 0.15) is 19.0 Å². The van der Waals surface area contributed by atoms with Gasteiger partial charge in [-0.05, 0) is 31.5 Å². The molecule has 1 unspecified atom stereocenters. The first-order chi connectivity index (χ1) is 11.5. The summed E-state index contributed by atoms with van der Waals surface area (Å²) in [6, 6.07) is 5.52. The van der Waals surface area contributed by atoms with Crippen LogP contribution in [-0.2, 0) is 17.7 Å². The van der Waals surface area contributed by atoms with Crippen LogP contribution in [-0.4, -0.2) is 34.5 Å². The van der Waals surface area contributed by atoms with Gasteiger partial charge in [0, 0.05) is 36.5 Å². The molecule has 1 aromatic carbocycles. The Balaban J connectivity index is 2.29. The molecular weight excluding hydrogens is 328 g/mol. The lowest BCUT2D eigenvalue weighted by Gasteiger charge is -2.13. The number of aryl methyl sites for hydroxylation is 1. The van der Waals surface area contributed by atoms with Gasteiger partial charge in [-0.1, -0.05) is 11.6 Å². The molecule has 0 bridgehead atoms. The average molecular weight is 349 g/mol. The maximum atomic E-state index is 13.1. The molecule has 0 spiro atoms. The summed E-state index contributed by atoms with van der Waals surface area (Å²) >= 11 is 6.16. The van der Waals surface area contributed by atoms with Gasteiger partial charge in [0.15, 0.2) is 0 Å². The molecule has 2 heterocycles. The number of H-pyrrole nitrogens is 1. The number of fused-ring (bicyclic) bond motifs is 3. The largest absolute Gasteiger partial charge is 0.384 e. The molecular formula is C17H21ClN4O2. The Morgan fingerprint density at radius 2 is 2.25 bits per heavy atom. The van der Waals surface area contributed by atoms with Crippen LogP contribution in [0.3, 0.4) is 0 Å². The predicted octanol–water partition coefficient (Wildman–Crippen LogP) is 2.46. The topological polar surface area (TPSA) is 85.9 Å². The summed E-state index contributed by atoms with van der Waals surface area (Å²) in [4.78, 5) is 13.1. The third-order valence-electron chi connectivity index (χ3n) is 4.17. The Labute approximate surface area is 144 Å². The van der Waals surface area contributed by atoms with Crippen molar-refractivity contribution in [1.29, 1.82) is 0 Å². The zero-order chi connectivity index (χ0) is 17.3. The lowest BCUT2D eigenvalue weighted by molar-refractivity contribution is 0.201. The molecule has 3 N–H and O–H groups in total. The minimum atomic E-state index is -0.0553.